The van der Waals surface area contributed by atoms with Crippen molar-refractivity contribution in [3.63, 3.8) is 0 Å². The summed E-state index contributed by atoms with van der Waals surface area (Å²) >= 11 is 0. The topological polar surface area (TPSA) is 535 Å². The summed E-state index contributed by atoms with van der Waals surface area (Å²) in [7, 11) is -1.55. The van der Waals surface area contributed by atoms with Crippen molar-refractivity contribution in [1.82, 2.24) is 36.2 Å². The first-order valence-corrected chi connectivity index (χ1v) is 45.7. The van der Waals surface area contributed by atoms with E-state index in [-0.39, 0.29) is 149 Å². The van der Waals surface area contributed by atoms with Crippen LogP contribution in [0.1, 0.15) is 136 Å². The van der Waals surface area contributed by atoms with Crippen molar-refractivity contribution in [2.24, 2.45) is 0 Å². The number of ketones is 1. The van der Waals surface area contributed by atoms with Crippen LogP contribution >= 0.6 is 8.53 Å². The number of benzene rings is 2. The fraction of sp³-hybridized carbons (Fsp3) is 0.678. The summed E-state index contributed by atoms with van der Waals surface area (Å²) in [4.78, 5) is 192. The molecular formula is C90H134N7O38P. The van der Waals surface area contributed by atoms with Crippen molar-refractivity contribution in [2.45, 2.75) is 247 Å². The Labute approximate surface area is 792 Å². The first-order chi connectivity index (χ1) is 64.7. The number of esters is 9. The molecule has 17 unspecified atom stereocenters. The van der Waals surface area contributed by atoms with Crippen molar-refractivity contribution in [3.05, 3.63) is 54.1 Å². The van der Waals surface area contributed by atoms with Gasteiger partial charge in [0.2, 0.25) is 29.5 Å². The molecule has 0 aliphatic carbocycles. The molecule has 0 bridgehead atoms. The standard InChI is InChI=1S/C90H134N7O38P/c1-18-19-33-125-136(97(54(2)3)55(4)5)135-72-28-26-70(27-29-72)69-24-22-68(23-25-69)48-73(87(112)92-31-35-115-38-41-118-44-47-121-90-80(95-58(8)100)86(131-67(17)109)83(128-64(14)106)76(134-90)53-124-61(11)103)96(49-71(110)21-20-32-113-36-39-116-42-45-119-88-78(93-56(6)98)84(129-65(15)107)81(126-62(12)104)74(132-88)51-122-59(9)101)50-77(111)91-30-34-114-37-40-117-43-46-120-89-79(94-57(7)99)85(130-66(16)108)82(127-63(13)105)75(133-89)52-123-60(10)102/h1,22-29,54-55,73-76,78-86,88-90H,19-21,30-53H2,2-17H3,(H,91,111)(H,92,112)(H,93,98)(H,94,99)(H,95,100). The Bertz CT molecular complexity index is 4010. The summed E-state index contributed by atoms with van der Waals surface area (Å²) in [5.41, 5.74) is 2.28. The molecule has 3 aliphatic heterocycles. The molecule has 3 aliphatic rings. The average Bonchev–Trinajstić information content (AvgIpc) is 0.775. The number of rotatable bonds is 63. The lowest BCUT2D eigenvalue weighted by atomic mass is 9.96. The third-order valence-corrected chi connectivity index (χ3v) is 21.7. The van der Waals surface area contributed by atoms with Crippen LogP contribution in [-0.4, -0.2) is 360 Å². The van der Waals surface area contributed by atoms with Crippen LogP contribution < -0.4 is 31.1 Å². The van der Waals surface area contributed by atoms with Crippen molar-refractivity contribution in [3.8, 4) is 29.2 Å². The molecule has 3 saturated heterocycles. The van der Waals surface area contributed by atoms with Crippen LogP contribution in [0.15, 0.2) is 48.5 Å². The van der Waals surface area contributed by atoms with E-state index in [2.05, 4.69) is 64.9 Å². The molecule has 2 aromatic carbocycles. The smallest absolute Gasteiger partial charge is 0.321 e. The van der Waals surface area contributed by atoms with Crippen LogP contribution in [0.3, 0.4) is 0 Å². The van der Waals surface area contributed by atoms with E-state index in [4.69, 9.17) is 115 Å². The van der Waals surface area contributed by atoms with E-state index in [1.54, 1.807) is 0 Å². The molecule has 0 radical (unpaired) electrons. The number of carbonyl (C=O) groups is 15. The van der Waals surface area contributed by atoms with Crippen molar-refractivity contribution in [2.75, 3.05) is 152 Å². The second-order valence-electron chi connectivity index (χ2n) is 31.8. The molecule has 17 atom stereocenters. The molecule has 5 N–H and O–H groups in total. The molecule has 136 heavy (non-hydrogen) atoms. The fourth-order valence-corrected chi connectivity index (χ4v) is 15.9. The van der Waals surface area contributed by atoms with E-state index in [1.165, 1.54) is 25.7 Å². The van der Waals surface area contributed by atoms with E-state index in [0.717, 1.165) is 73.4 Å². The van der Waals surface area contributed by atoms with Crippen LogP contribution in [0.25, 0.3) is 11.1 Å². The lowest BCUT2D eigenvalue weighted by Crippen LogP contribution is -2.66. The molecule has 762 valence electrons. The third-order valence-electron chi connectivity index (χ3n) is 19.6. The predicted molar refractivity (Wildman–Crippen MR) is 475 cm³/mol. The second-order valence-corrected chi connectivity index (χ2v) is 33.1. The Balaban J connectivity index is 1.32. The van der Waals surface area contributed by atoms with Gasteiger partial charge in [0.25, 0.3) is 0 Å². The van der Waals surface area contributed by atoms with Gasteiger partial charge >= 0.3 is 62.2 Å². The van der Waals surface area contributed by atoms with Gasteiger partial charge in [-0.25, -0.2) is 4.67 Å². The van der Waals surface area contributed by atoms with Crippen molar-refractivity contribution >= 4 is 97.6 Å². The van der Waals surface area contributed by atoms with Gasteiger partial charge < -0.3 is 135 Å². The number of nitrogens with one attached hydrogen (secondary N) is 5. The van der Waals surface area contributed by atoms with Crippen LogP contribution in [0.5, 0.6) is 5.75 Å². The SMILES string of the molecule is C#CCCOP(Oc1ccc(-c2ccc(CC(C(=O)NCCOCCOCCOC3OC(COC(C)=O)C(OC(C)=O)C(OC(C)=O)C3NC(C)=O)N(CC(=O)CCCOCCOCCOC3OC(COC(C)=O)C(OC(C)=O)C(OC(C)=O)C3NC(C)=O)CC(=O)NCCOCCOCCOC3OC(COC(C)=O)C(OC(C)=O)C(OC(C)=O)C3NC(C)=O)cc2)cc1)N(C(C)C)C(C)C. The highest BCUT2D eigenvalue weighted by atomic mass is 31.2. The maximum atomic E-state index is 15.0. The third kappa shape index (κ3) is 44.6. The zero-order valence-electron chi connectivity index (χ0n) is 80.0. The molecule has 45 nitrogen and oxygen atoms in total. The van der Waals surface area contributed by atoms with Gasteiger partial charge in [0.05, 0.1) is 118 Å². The average molecular weight is 1950 g/mol. The number of hydrogen-bond donors (Lipinski definition) is 5. The van der Waals surface area contributed by atoms with Gasteiger partial charge in [-0.15, -0.1) is 12.3 Å². The van der Waals surface area contributed by atoms with Gasteiger partial charge in [0.1, 0.15) is 67.8 Å². The molecule has 3 fully saturated rings. The number of hydrogen-bond acceptors (Lipinski definition) is 40. The zero-order valence-corrected chi connectivity index (χ0v) is 80.9. The van der Waals surface area contributed by atoms with Crippen LogP contribution in [0.2, 0.25) is 0 Å². The van der Waals surface area contributed by atoms with Crippen LogP contribution in [-0.2, 0) is 182 Å². The van der Waals surface area contributed by atoms with E-state index < -0.39 is 223 Å². The second kappa shape index (κ2) is 63.4. The summed E-state index contributed by atoms with van der Waals surface area (Å²) in [6.07, 6.45) is -9.57. The minimum absolute atomic E-state index is 0.00506. The number of amides is 5. The first kappa shape index (κ1) is 116. The number of carbonyl (C=O) groups excluding carboxylic acids is 15. The number of nitrogens with zero attached hydrogens (tertiary/aromatic N) is 2. The van der Waals surface area contributed by atoms with Gasteiger partial charge in [-0.2, -0.15) is 0 Å². The van der Waals surface area contributed by atoms with Gasteiger partial charge in [0.15, 0.2) is 55.5 Å². The maximum Gasteiger partial charge on any atom is 0.321 e. The van der Waals surface area contributed by atoms with Gasteiger partial charge in [-0.1, -0.05) is 36.4 Å². The van der Waals surface area contributed by atoms with E-state index in [1.807, 2.05) is 48.5 Å². The summed E-state index contributed by atoms with van der Waals surface area (Å²) in [6, 6.07) is 10.3. The molecular weight excluding hydrogens is 1820 g/mol. The number of terminal acetylenes is 1. The van der Waals surface area contributed by atoms with Gasteiger partial charge in [-0.3, -0.25) is 76.8 Å². The predicted octanol–water partition coefficient (Wildman–Crippen LogP) is 2.03. The summed E-state index contributed by atoms with van der Waals surface area (Å²) < 4.78 is 134. The summed E-state index contributed by atoms with van der Waals surface area (Å²) in [5, 5.41) is 13.6. The molecule has 0 spiro atoms. The monoisotopic (exact) mass is 1950 g/mol. The van der Waals surface area contributed by atoms with Gasteiger partial charge in [-0.05, 0) is 69.4 Å². The van der Waals surface area contributed by atoms with E-state index in [0.29, 0.717) is 24.3 Å². The molecule has 5 amide bonds. The molecule has 0 aromatic heterocycles. The normalized spacial score (nSPS) is 21.8. The minimum atomic E-state index is -1.55. The van der Waals surface area contributed by atoms with Crippen LogP contribution in [0.4, 0.5) is 0 Å². The van der Waals surface area contributed by atoms with E-state index >= 15 is 0 Å². The summed E-state index contributed by atoms with van der Waals surface area (Å²) in [6.45, 7) is 19.5. The Morgan fingerprint density at radius 3 is 1.09 bits per heavy atom. The highest BCUT2D eigenvalue weighted by Gasteiger charge is 2.55. The first-order valence-electron chi connectivity index (χ1n) is 44.6. The number of ether oxygens (including phenoxy) is 21. The lowest BCUT2D eigenvalue weighted by molar-refractivity contribution is -0.279. The van der Waals surface area contributed by atoms with Gasteiger partial charge in [0, 0.05) is 128 Å². The Kier molecular flexibility index (Phi) is 54.2. The number of Topliss-reactive ketones (excluding diaryl/α,β-unsaturated/α-hetero) is 1. The molecule has 3 heterocycles. The fourth-order valence-electron chi connectivity index (χ4n) is 14.3. The molecule has 5 rings (SSSR count). The lowest BCUT2D eigenvalue weighted by Gasteiger charge is -2.44. The summed E-state index contributed by atoms with van der Waals surface area (Å²) in [5.74, 6) is -6.80. The highest BCUT2D eigenvalue weighted by Crippen LogP contribution is 2.47. The molecule has 0 saturated carbocycles. The van der Waals surface area contributed by atoms with Crippen molar-refractivity contribution < 1.29 is 180 Å². The largest absolute Gasteiger partial charge is 0.463 e. The Hall–Kier alpha value is -10.1. The van der Waals surface area contributed by atoms with Crippen molar-refractivity contribution in [1.29, 1.82) is 0 Å². The van der Waals surface area contributed by atoms with E-state index in [9.17, 15) is 71.9 Å². The Morgan fingerprint density at radius 2 is 0.743 bits per heavy atom. The van der Waals surface area contributed by atoms with Crippen LogP contribution in [0, 0.1) is 12.3 Å². The highest BCUT2D eigenvalue weighted by molar-refractivity contribution is 7.45. The quantitative estimate of drug-likeness (QED) is 0.0208. The molecule has 2 aromatic rings. The molecule has 46 heteroatoms. The Morgan fingerprint density at radius 1 is 0.404 bits per heavy atom. The zero-order chi connectivity index (χ0) is 100. The minimum Gasteiger partial charge on any atom is -0.463 e. The maximum absolute atomic E-state index is 15.0.